The molecule has 1 aliphatic heterocycles. The van der Waals surface area contributed by atoms with E-state index in [1.807, 2.05) is 36.1 Å². The van der Waals surface area contributed by atoms with Crippen molar-refractivity contribution in [3.63, 3.8) is 0 Å². The number of anilines is 4. The third kappa shape index (κ3) is 8.89. The zero-order valence-electron chi connectivity index (χ0n) is 28.1. The number of carboxylic acids is 1. The molecule has 1 aliphatic rings. The van der Waals surface area contributed by atoms with Crippen molar-refractivity contribution in [2.24, 2.45) is 10.2 Å². The van der Waals surface area contributed by atoms with Gasteiger partial charge in [-0.3, -0.25) is 0 Å². The van der Waals surface area contributed by atoms with Crippen LogP contribution in [0.2, 0.25) is 0 Å². The molecule has 2 aromatic carbocycles. The number of hydrogen-bond acceptors (Lipinski definition) is 13. The Morgan fingerprint density at radius 3 is 2.88 bits per heavy atom. The van der Waals surface area contributed by atoms with E-state index in [9.17, 15) is 14.3 Å². The molecule has 51 heavy (non-hydrogen) atoms. The summed E-state index contributed by atoms with van der Waals surface area (Å²) >= 11 is 2.87. The van der Waals surface area contributed by atoms with E-state index >= 15 is 0 Å². The largest absolute Gasteiger partial charge is 0.491 e. The molecule has 0 unspecified atom stereocenters. The topological polar surface area (TPSA) is 164 Å². The van der Waals surface area contributed by atoms with Crippen LogP contribution in [0.4, 0.5) is 26.3 Å². The molecule has 0 saturated carbocycles. The molecule has 6 rings (SSSR count). The number of hydrogen-bond donors (Lipinski definition) is 3. The Hall–Kier alpha value is -5.33. The second-order valence-electron chi connectivity index (χ2n) is 11.5. The average molecular weight is 728 g/mol. The van der Waals surface area contributed by atoms with Gasteiger partial charge in [0.15, 0.2) is 39.2 Å². The van der Waals surface area contributed by atoms with Gasteiger partial charge in [0.1, 0.15) is 23.8 Å². The van der Waals surface area contributed by atoms with Gasteiger partial charge in [0, 0.05) is 28.1 Å². The van der Waals surface area contributed by atoms with Gasteiger partial charge in [-0.2, -0.15) is 0 Å². The highest BCUT2D eigenvalue weighted by Gasteiger charge is 2.28. The Labute approximate surface area is 301 Å². The average Bonchev–Trinajstić information content (AvgIpc) is 3.75. The van der Waals surface area contributed by atoms with Gasteiger partial charge in [0.05, 0.1) is 23.4 Å². The van der Waals surface area contributed by atoms with Crippen molar-refractivity contribution < 1.29 is 19.0 Å². The maximum atomic E-state index is 14.7. The quantitative estimate of drug-likeness (QED) is 0.0501. The predicted molar refractivity (Wildman–Crippen MR) is 196 cm³/mol. The van der Waals surface area contributed by atoms with E-state index in [4.69, 9.17) is 4.74 Å². The smallest absolute Gasteiger partial charge is 0.355 e. The number of ether oxygens (including phenoxy) is 1. The van der Waals surface area contributed by atoms with Gasteiger partial charge in [-0.15, -0.1) is 21.5 Å². The third-order valence-corrected chi connectivity index (χ3v) is 10.1. The van der Waals surface area contributed by atoms with Crippen LogP contribution in [-0.2, 0) is 12.8 Å². The molecule has 0 spiro atoms. The number of nitrogens with zero attached hydrogens (tertiary/aromatic N) is 8. The first-order valence-corrected chi connectivity index (χ1v) is 18.1. The number of carboxylic acid groups (broad SMARTS) is 1. The normalized spacial score (nSPS) is 12.1. The lowest BCUT2D eigenvalue weighted by Crippen LogP contribution is -2.27. The Kier molecular flexibility index (Phi) is 11.9. The maximum Gasteiger partial charge on any atom is 0.355 e. The highest BCUT2D eigenvalue weighted by Crippen LogP contribution is 2.39. The number of para-hydroxylation sites is 1. The van der Waals surface area contributed by atoms with Crippen molar-refractivity contribution in [2.45, 2.75) is 39.0 Å². The standard InChI is InChI=1S/C35H35FN10O3S2/c1-22-24-10-6-19-46(32(24)44-43-31(22)42-34-40-26-11-3-4-12-28(26)50-34)35-41-30(33(47)48)29(51-35)13-7-20-49-27-15-14-23(21-25(27)36)9-5-16-38-17-8-18-39-45-37-2/h3-4,11-12,14-15,21,38H,6-8,10,13,16-20H2,1-2H3,(H-,40,42,43,47,48)/p+1. The summed E-state index contributed by atoms with van der Waals surface area (Å²) in [4.78, 5) is 27.5. The molecule has 0 bridgehead atoms. The fourth-order valence-electron chi connectivity index (χ4n) is 5.49. The van der Waals surface area contributed by atoms with Crippen molar-refractivity contribution in [3.05, 3.63) is 75.5 Å². The Bertz CT molecular complexity index is 2120. The first-order chi connectivity index (χ1) is 24.9. The fourth-order valence-corrected chi connectivity index (χ4v) is 7.48. The molecular formula is C35H36FN10O3S2+. The molecule has 13 nitrogen and oxygen atoms in total. The SMILES string of the molecule is CN=[N+]=NCCCNCC#Cc1ccc(OCCCc2sc(N3CCCc4c3nnc(Nc3nc5ccccc5s3)c4C)nc2C(=O)O)c(F)c1. The van der Waals surface area contributed by atoms with Crippen molar-refractivity contribution in [1.82, 2.24) is 30.4 Å². The van der Waals surface area contributed by atoms with Crippen LogP contribution in [0.5, 0.6) is 5.75 Å². The van der Waals surface area contributed by atoms with Crippen LogP contribution in [-0.4, -0.2) is 71.1 Å². The van der Waals surface area contributed by atoms with E-state index in [1.165, 1.54) is 17.4 Å². The van der Waals surface area contributed by atoms with Crippen LogP contribution < -0.4 is 25.2 Å². The summed E-state index contributed by atoms with van der Waals surface area (Å²) in [6.45, 7) is 4.64. The molecule has 0 fully saturated rings. The van der Waals surface area contributed by atoms with E-state index in [-0.39, 0.29) is 18.1 Å². The predicted octanol–water partition coefficient (Wildman–Crippen LogP) is 6.46. The van der Waals surface area contributed by atoms with Crippen LogP contribution in [0.25, 0.3) is 10.2 Å². The molecular weight excluding hydrogens is 692 g/mol. The van der Waals surface area contributed by atoms with E-state index in [2.05, 4.69) is 57.8 Å². The van der Waals surface area contributed by atoms with Crippen LogP contribution in [0.1, 0.15) is 51.3 Å². The fraction of sp³-hybridized carbons (Fsp3) is 0.343. The number of aromatic nitrogens is 4. The summed E-state index contributed by atoms with van der Waals surface area (Å²) in [5, 5.41) is 34.3. The highest BCUT2D eigenvalue weighted by atomic mass is 32.1. The van der Waals surface area contributed by atoms with Crippen molar-refractivity contribution >= 4 is 60.8 Å². The molecule has 0 aliphatic carbocycles. The minimum Gasteiger partial charge on any atom is -0.491 e. The summed E-state index contributed by atoms with van der Waals surface area (Å²) in [7, 11) is 1.57. The summed E-state index contributed by atoms with van der Waals surface area (Å²) in [6.07, 6.45) is 3.36. The molecule has 0 amide bonds. The molecule has 4 heterocycles. The van der Waals surface area contributed by atoms with E-state index < -0.39 is 11.8 Å². The van der Waals surface area contributed by atoms with Gasteiger partial charge in [0.25, 0.3) is 0 Å². The Morgan fingerprint density at radius 2 is 2.06 bits per heavy atom. The molecule has 0 saturated heterocycles. The lowest BCUT2D eigenvalue weighted by Gasteiger charge is -2.28. The number of rotatable bonds is 14. The van der Waals surface area contributed by atoms with Gasteiger partial charge in [0.2, 0.25) is 4.91 Å². The van der Waals surface area contributed by atoms with Crippen molar-refractivity contribution in [3.8, 4) is 17.6 Å². The molecule has 5 aromatic rings. The van der Waals surface area contributed by atoms with Crippen LogP contribution in [0.3, 0.4) is 0 Å². The van der Waals surface area contributed by atoms with Gasteiger partial charge >= 0.3 is 5.97 Å². The minimum atomic E-state index is -1.10. The van der Waals surface area contributed by atoms with Crippen molar-refractivity contribution in [1.29, 1.82) is 0 Å². The van der Waals surface area contributed by atoms with E-state index in [1.54, 1.807) is 30.5 Å². The summed E-state index contributed by atoms with van der Waals surface area (Å²) in [6, 6.07) is 12.6. The number of aryl methyl sites for hydroxylation is 1. The van der Waals surface area contributed by atoms with Crippen molar-refractivity contribution in [2.75, 3.05) is 50.1 Å². The lowest BCUT2D eigenvalue weighted by molar-refractivity contribution is 0.0690. The monoisotopic (exact) mass is 727 g/mol. The zero-order chi connectivity index (χ0) is 35.6. The first kappa shape index (κ1) is 35.5. The van der Waals surface area contributed by atoms with Gasteiger partial charge in [-0.25, -0.2) is 19.2 Å². The van der Waals surface area contributed by atoms with Gasteiger partial charge in [-0.05, 0) is 75.9 Å². The van der Waals surface area contributed by atoms with Gasteiger partial charge in [-0.1, -0.05) is 35.3 Å². The zero-order valence-corrected chi connectivity index (χ0v) is 29.8. The number of halogens is 1. The minimum absolute atomic E-state index is 0.00230. The number of thiazole rings is 2. The van der Waals surface area contributed by atoms with Crippen LogP contribution in [0.15, 0.2) is 52.7 Å². The molecule has 0 radical (unpaired) electrons. The second kappa shape index (κ2) is 17.1. The number of nitrogens with one attached hydrogen (secondary N) is 2. The molecule has 262 valence electrons. The maximum absolute atomic E-state index is 14.7. The number of benzene rings is 2. The highest BCUT2D eigenvalue weighted by molar-refractivity contribution is 7.22. The summed E-state index contributed by atoms with van der Waals surface area (Å²) in [5.74, 6) is 5.74. The first-order valence-electron chi connectivity index (χ1n) is 16.5. The Morgan fingerprint density at radius 1 is 1.18 bits per heavy atom. The molecule has 3 aromatic heterocycles. The van der Waals surface area contributed by atoms with E-state index in [0.29, 0.717) is 59.7 Å². The summed E-state index contributed by atoms with van der Waals surface area (Å²) in [5.41, 5.74) is 3.47. The number of fused-ring (bicyclic) bond motifs is 2. The van der Waals surface area contributed by atoms with Crippen LogP contribution >= 0.6 is 22.7 Å². The second-order valence-corrected chi connectivity index (χ2v) is 13.6. The molecule has 3 N–H and O–H groups in total. The summed E-state index contributed by atoms with van der Waals surface area (Å²) < 4.78 is 21.5. The van der Waals surface area contributed by atoms with E-state index in [0.717, 1.165) is 52.3 Å². The number of carbonyl (C=O) groups is 1. The lowest BCUT2D eigenvalue weighted by atomic mass is 10.0. The molecule has 0 atom stereocenters. The van der Waals surface area contributed by atoms with Crippen LogP contribution in [0, 0.1) is 24.6 Å². The van der Waals surface area contributed by atoms with Gasteiger partial charge < -0.3 is 25.4 Å². The third-order valence-electron chi connectivity index (χ3n) is 7.97. The molecule has 16 heteroatoms. The number of aromatic carboxylic acids is 1. The Balaban J connectivity index is 1.05.